The molecular weight excluding hydrogens is 406 g/mol. The number of carbonyl (C=O) groups is 2. The van der Waals surface area contributed by atoms with E-state index in [-0.39, 0.29) is 18.0 Å². The highest BCUT2D eigenvalue weighted by Crippen LogP contribution is 2.38. The zero-order chi connectivity index (χ0) is 23.1. The topological polar surface area (TPSA) is 71.1 Å². The average molecular weight is 440 g/mol. The van der Waals surface area contributed by atoms with Crippen LogP contribution < -0.4 is 14.8 Å². The number of hydrogen-bond donors (Lipinski definition) is 1. The van der Waals surface area contributed by atoms with Crippen LogP contribution in [0.4, 0.5) is 4.79 Å². The molecule has 1 fully saturated rings. The zero-order valence-corrected chi connectivity index (χ0v) is 19.4. The normalized spacial score (nSPS) is 15.4. The predicted molar refractivity (Wildman–Crippen MR) is 124 cm³/mol. The van der Waals surface area contributed by atoms with Crippen molar-refractivity contribution >= 4 is 11.9 Å². The van der Waals surface area contributed by atoms with Crippen molar-refractivity contribution in [3.8, 4) is 11.5 Å². The Hall–Kier alpha value is -3.22. The lowest BCUT2D eigenvalue weighted by Crippen LogP contribution is -2.39. The van der Waals surface area contributed by atoms with Crippen molar-refractivity contribution < 1.29 is 19.1 Å². The smallest absolute Gasteiger partial charge is 0.318 e. The molecule has 1 heterocycles. The Morgan fingerprint density at radius 3 is 2.41 bits per heavy atom. The van der Waals surface area contributed by atoms with Gasteiger partial charge in [-0.1, -0.05) is 12.1 Å². The maximum atomic E-state index is 13.0. The minimum atomic E-state index is -0.110. The molecule has 1 aliphatic rings. The molecule has 0 bridgehead atoms. The number of nitrogens with one attached hydrogen (secondary N) is 1. The summed E-state index contributed by atoms with van der Waals surface area (Å²) in [6.45, 7) is 6.39. The summed E-state index contributed by atoms with van der Waals surface area (Å²) in [6.07, 6.45) is 1.81. The van der Waals surface area contributed by atoms with Gasteiger partial charge in [-0.05, 0) is 62.6 Å². The number of nitrogens with zero attached hydrogens (tertiary/aromatic N) is 2. The van der Waals surface area contributed by atoms with Crippen LogP contribution in [0.25, 0.3) is 0 Å². The molecule has 7 nitrogen and oxygen atoms in total. The summed E-state index contributed by atoms with van der Waals surface area (Å²) in [7, 11) is 3.27. The van der Waals surface area contributed by atoms with E-state index in [0.29, 0.717) is 31.7 Å². The first kappa shape index (κ1) is 23.4. The molecule has 3 rings (SSSR count). The number of likely N-dealkylation sites (tertiary alicyclic amines) is 1. The summed E-state index contributed by atoms with van der Waals surface area (Å²) < 4.78 is 10.9. The van der Waals surface area contributed by atoms with E-state index in [9.17, 15) is 9.59 Å². The van der Waals surface area contributed by atoms with Crippen LogP contribution in [0.3, 0.4) is 0 Å². The number of urea groups is 1. The van der Waals surface area contributed by atoms with Gasteiger partial charge >= 0.3 is 6.03 Å². The third-order valence-electron chi connectivity index (χ3n) is 6.00. The highest BCUT2D eigenvalue weighted by atomic mass is 16.5. The van der Waals surface area contributed by atoms with Gasteiger partial charge in [-0.25, -0.2) is 4.79 Å². The van der Waals surface area contributed by atoms with E-state index in [4.69, 9.17) is 9.47 Å². The van der Waals surface area contributed by atoms with Crippen molar-refractivity contribution in [2.75, 3.05) is 33.9 Å². The lowest BCUT2D eigenvalue weighted by atomic mass is 10.0. The molecule has 0 spiro atoms. The first-order valence-corrected chi connectivity index (χ1v) is 11.2. The largest absolute Gasteiger partial charge is 0.497 e. The van der Waals surface area contributed by atoms with Crippen molar-refractivity contribution in [1.82, 2.24) is 15.1 Å². The summed E-state index contributed by atoms with van der Waals surface area (Å²) in [4.78, 5) is 29.1. The van der Waals surface area contributed by atoms with E-state index in [1.165, 1.54) is 0 Å². The van der Waals surface area contributed by atoms with Gasteiger partial charge in [0.25, 0.3) is 5.91 Å². The maximum Gasteiger partial charge on any atom is 0.318 e. The van der Waals surface area contributed by atoms with E-state index in [0.717, 1.165) is 35.5 Å². The van der Waals surface area contributed by atoms with Crippen LogP contribution in [-0.4, -0.2) is 55.6 Å². The first-order chi connectivity index (χ1) is 15.5. The lowest BCUT2D eigenvalue weighted by Gasteiger charge is -2.27. The van der Waals surface area contributed by atoms with Gasteiger partial charge in [-0.15, -0.1) is 0 Å². The first-order valence-electron chi connectivity index (χ1n) is 11.2. The van der Waals surface area contributed by atoms with Gasteiger partial charge in [-0.2, -0.15) is 0 Å². The Bertz CT molecular complexity index is 925. The quantitative estimate of drug-likeness (QED) is 0.668. The zero-order valence-electron chi connectivity index (χ0n) is 19.4. The van der Waals surface area contributed by atoms with Crippen molar-refractivity contribution in [2.45, 2.75) is 39.3 Å². The summed E-state index contributed by atoms with van der Waals surface area (Å²) in [5.41, 5.74) is 2.57. The summed E-state index contributed by atoms with van der Waals surface area (Å²) in [5.74, 6) is 1.52. The molecule has 0 aromatic heterocycles. The number of carbonyl (C=O) groups excluding carboxylic acids is 2. The van der Waals surface area contributed by atoms with Crippen LogP contribution >= 0.6 is 0 Å². The lowest BCUT2D eigenvalue weighted by molar-refractivity contribution is 0.0773. The number of hydrogen-bond acceptors (Lipinski definition) is 4. The van der Waals surface area contributed by atoms with E-state index >= 15 is 0 Å². The number of ether oxygens (including phenoxy) is 2. The number of methoxy groups -OCH3 is 2. The Morgan fingerprint density at radius 1 is 1.06 bits per heavy atom. The van der Waals surface area contributed by atoms with Gasteiger partial charge in [0.2, 0.25) is 0 Å². The molecule has 0 radical (unpaired) electrons. The number of rotatable bonds is 8. The fourth-order valence-electron chi connectivity index (χ4n) is 4.17. The molecule has 1 unspecified atom stereocenters. The van der Waals surface area contributed by atoms with Crippen LogP contribution in [0, 0.1) is 0 Å². The molecule has 1 N–H and O–H groups in total. The predicted octanol–water partition coefficient (Wildman–Crippen LogP) is 4.23. The highest BCUT2D eigenvalue weighted by molar-refractivity contribution is 5.94. The van der Waals surface area contributed by atoms with Gasteiger partial charge in [0.1, 0.15) is 11.5 Å². The van der Waals surface area contributed by atoms with Crippen LogP contribution in [0.1, 0.15) is 54.2 Å². The second-order valence-electron chi connectivity index (χ2n) is 7.79. The monoisotopic (exact) mass is 439 g/mol. The van der Waals surface area contributed by atoms with E-state index in [2.05, 4.69) is 5.32 Å². The van der Waals surface area contributed by atoms with Crippen LogP contribution in [0.5, 0.6) is 11.5 Å². The summed E-state index contributed by atoms with van der Waals surface area (Å²) in [5, 5.41) is 3.02. The minimum Gasteiger partial charge on any atom is -0.497 e. The number of amides is 3. The summed E-state index contributed by atoms with van der Waals surface area (Å²) in [6, 6.07) is 12.9. The van der Waals surface area contributed by atoms with Crippen LogP contribution in [0.15, 0.2) is 42.5 Å². The molecule has 172 valence electrons. The average Bonchev–Trinajstić information content (AvgIpc) is 3.33. The number of benzene rings is 2. The Morgan fingerprint density at radius 2 is 1.78 bits per heavy atom. The van der Waals surface area contributed by atoms with Gasteiger partial charge in [-0.3, -0.25) is 4.79 Å². The third-order valence-corrected chi connectivity index (χ3v) is 6.00. The Kier molecular flexibility index (Phi) is 7.98. The fourth-order valence-corrected chi connectivity index (χ4v) is 4.17. The molecule has 2 aromatic carbocycles. The minimum absolute atomic E-state index is 0.0257. The van der Waals surface area contributed by atoms with Crippen molar-refractivity contribution in [1.29, 1.82) is 0 Å². The van der Waals surface area contributed by atoms with Gasteiger partial charge < -0.3 is 24.6 Å². The second-order valence-corrected chi connectivity index (χ2v) is 7.79. The molecule has 32 heavy (non-hydrogen) atoms. The Balaban J connectivity index is 1.65. The molecule has 0 aliphatic carbocycles. The molecule has 0 saturated carbocycles. The van der Waals surface area contributed by atoms with Gasteiger partial charge in [0.15, 0.2) is 0 Å². The van der Waals surface area contributed by atoms with Gasteiger partial charge in [0, 0.05) is 37.3 Å². The van der Waals surface area contributed by atoms with Crippen LogP contribution in [0.2, 0.25) is 0 Å². The van der Waals surface area contributed by atoms with Crippen LogP contribution in [-0.2, 0) is 6.54 Å². The van der Waals surface area contributed by atoms with Crippen molar-refractivity contribution in [3.05, 3.63) is 59.2 Å². The third kappa shape index (κ3) is 5.15. The standard InChI is InChI=1S/C25H33N3O4/c1-5-27(6-2)24(29)19-11-9-18(10-12-19)17-26-25(30)28-15-7-8-22(28)21-16-20(31-3)13-14-23(21)32-4/h9-14,16,22H,5-8,15,17H2,1-4H3,(H,26,30). The van der Waals surface area contributed by atoms with Crippen molar-refractivity contribution in [3.63, 3.8) is 0 Å². The Labute approximate surface area is 190 Å². The highest BCUT2D eigenvalue weighted by Gasteiger charge is 2.32. The SMILES string of the molecule is CCN(CC)C(=O)c1ccc(CNC(=O)N2CCCC2c2cc(OC)ccc2OC)cc1. The van der Waals surface area contributed by atoms with E-state index < -0.39 is 0 Å². The second kappa shape index (κ2) is 10.9. The molecule has 3 amide bonds. The molecule has 1 aliphatic heterocycles. The van der Waals surface area contributed by atoms with E-state index in [1.54, 1.807) is 19.1 Å². The molecule has 7 heteroatoms. The maximum absolute atomic E-state index is 13.0. The molecule has 2 aromatic rings. The van der Waals surface area contributed by atoms with Crippen molar-refractivity contribution in [2.24, 2.45) is 0 Å². The van der Waals surface area contributed by atoms with Gasteiger partial charge in [0.05, 0.1) is 20.3 Å². The molecular formula is C25H33N3O4. The molecule has 1 atom stereocenters. The fraction of sp³-hybridized carbons (Fsp3) is 0.440. The van der Waals surface area contributed by atoms with E-state index in [1.807, 2.05) is 61.2 Å². The summed E-state index contributed by atoms with van der Waals surface area (Å²) >= 11 is 0. The molecule has 1 saturated heterocycles.